The highest BCUT2D eigenvalue weighted by Gasteiger charge is 2.40. The van der Waals surface area contributed by atoms with Gasteiger partial charge in [-0.25, -0.2) is 12.7 Å². The van der Waals surface area contributed by atoms with Crippen LogP contribution in [0, 0.1) is 0 Å². The third-order valence-corrected chi connectivity index (χ3v) is 7.65. The van der Waals surface area contributed by atoms with Gasteiger partial charge in [-0.2, -0.15) is 0 Å². The minimum atomic E-state index is -3.91. The fourth-order valence-corrected chi connectivity index (χ4v) is 5.65. The average molecular weight is 522 g/mol. The molecule has 0 aromatic heterocycles. The predicted octanol–water partition coefficient (Wildman–Crippen LogP) is 2.54. The highest BCUT2D eigenvalue weighted by Crippen LogP contribution is 2.30. The summed E-state index contributed by atoms with van der Waals surface area (Å²) in [5, 5.41) is 2.55. The first-order valence-corrected chi connectivity index (χ1v) is 12.3. The average Bonchev–Trinajstić information content (AvgIpc) is 2.97. The van der Waals surface area contributed by atoms with Gasteiger partial charge < -0.3 is 10.2 Å². The van der Waals surface area contributed by atoms with Crippen molar-refractivity contribution in [3.05, 3.63) is 64.1 Å². The Morgan fingerprint density at radius 2 is 1.88 bits per heavy atom. The second kappa shape index (κ2) is 9.83. The summed E-state index contributed by atoms with van der Waals surface area (Å²) in [6, 6.07) is 12.8. The lowest BCUT2D eigenvalue weighted by atomic mass is 10.1. The lowest BCUT2D eigenvalue weighted by molar-refractivity contribution is -0.140. The maximum atomic E-state index is 13.0. The zero-order valence-electron chi connectivity index (χ0n) is 17.7. The number of fused-ring (bicyclic) bond motifs is 1. The van der Waals surface area contributed by atoms with Crippen molar-refractivity contribution in [1.29, 1.82) is 0 Å². The Kier molecular flexibility index (Phi) is 7.35. The van der Waals surface area contributed by atoms with Crippen molar-refractivity contribution in [2.24, 2.45) is 0 Å². The van der Waals surface area contributed by atoms with Gasteiger partial charge in [-0.15, -0.1) is 0 Å². The number of hydrogen-bond donors (Lipinski definition) is 1. The molecule has 1 N–H and O–H groups in total. The van der Waals surface area contributed by atoms with Gasteiger partial charge in [-0.3, -0.25) is 14.4 Å². The molecular weight excluding hydrogens is 498 g/mol. The van der Waals surface area contributed by atoms with Crippen molar-refractivity contribution in [3.8, 4) is 0 Å². The van der Waals surface area contributed by atoms with E-state index in [2.05, 4.69) is 21.2 Å². The Morgan fingerprint density at radius 3 is 2.53 bits per heavy atom. The topological polar surface area (TPSA) is 104 Å². The van der Waals surface area contributed by atoms with Gasteiger partial charge in [0.25, 0.3) is 15.9 Å². The smallest absolute Gasteiger partial charge is 0.269 e. The third kappa shape index (κ3) is 4.86. The molecule has 170 valence electrons. The number of likely N-dealkylation sites (N-methyl/N-ethyl adjacent to an activating group) is 1. The molecule has 0 saturated heterocycles. The Bertz CT molecular complexity index is 1150. The van der Waals surface area contributed by atoms with Gasteiger partial charge in [0.15, 0.2) is 0 Å². The van der Waals surface area contributed by atoms with Gasteiger partial charge in [0.05, 0.1) is 5.56 Å². The van der Waals surface area contributed by atoms with Crippen LogP contribution in [0.2, 0.25) is 0 Å². The van der Waals surface area contributed by atoms with Gasteiger partial charge in [0.1, 0.15) is 10.9 Å². The molecule has 1 atom stereocenters. The lowest BCUT2D eigenvalue weighted by Crippen LogP contribution is -2.46. The van der Waals surface area contributed by atoms with Gasteiger partial charge in [0.2, 0.25) is 11.8 Å². The molecule has 8 nitrogen and oxygen atoms in total. The van der Waals surface area contributed by atoms with Crippen LogP contribution in [0.25, 0.3) is 0 Å². The third-order valence-electron chi connectivity index (χ3n) is 5.32. The molecule has 0 spiro atoms. The molecule has 32 heavy (non-hydrogen) atoms. The minimum Gasteiger partial charge on any atom is -0.357 e. The molecule has 0 radical (unpaired) electrons. The molecule has 0 aliphatic carbocycles. The summed E-state index contributed by atoms with van der Waals surface area (Å²) in [6.45, 7) is 1.75. The van der Waals surface area contributed by atoms with Crippen molar-refractivity contribution in [2.45, 2.75) is 37.2 Å². The van der Waals surface area contributed by atoms with E-state index >= 15 is 0 Å². The number of amides is 3. The molecule has 1 unspecified atom stereocenters. The molecule has 1 aliphatic heterocycles. The number of nitrogens with one attached hydrogen (secondary N) is 1. The molecule has 3 rings (SSSR count). The highest BCUT2D eigenvalue weighted by atomic mass is 79.9. The Hall–Kier alpha value is -2.72. The Labute approximate surface area is 195 Å². The highest BCUT2D eigenvalue weighted by molar-refractivity contribution is 9.10. The molecule has 2 aromatic rings. The number of halogens is 1. The molecule has 3 amide bonds. The van der Waals surface area contributed by atoms with Gasteiger partial charge in [-0.1, -0.05) is 40.2 Å². The monoisotopic (exact) mass is 521 g/mol. The van der Waals surface area contributed by atoms with E-state index in [-0.39, 0.29) is 48.2 Å². The molecule has 1 aliphatic rings. The lowest BCUT2D eigenvalue weighted by Gasteiger charge is -2.28. The van der Waals surface area contributed by atoms with Crippen LogP contribution in [0.5, 0.6) is 0 Å². The van der Waals surface area contributed by atoms with Crippen LogP contribution in [0.1, 0.15) is 35.7 Å². The number of carbonyl (C=O) groups is 3. The van der Waals surface area contributed by atoms with E-state index in [1.807, 2.05) is 24.3 Å². The zero-order valence-corrected chi connectivity index (χ0v) is 20.1. The maximum Gasteiger partial charge on any atom is 0.269 e. The zero-order chi connectivity index (χ0) is 23.5. The predicted molar refractivity (Wildman–Crippen MR) is 122 cm³/mol. The number of nitrogens with zero attached hydrogens (tertiary/aromatic N) is 2. The van der Waals surface area contributed by atoms with Crippen LogP contribution in [-0.2, 0) is 26.2 Å². The number of benzene rings is 2. The molecule has 10 heteroatoms. The number of rotatable bonds is 8. The summed E-state index contributed by atoms with van der Waals surface area (Å²) in [5.74, 6) is -1.19. The largest absolute Gasteiger partial charge is 0.357 e. The first kappa shape index (κ1) is 23.9. The summed E-state index contributed by atoms with van der Waals surface area (Å²) >= 11 is 3.40. The van der Waals surface area contributed by atoms with Crippen molar-refractivity contribution in [1.82, 2.24) is 14.5 Å². The van der Waals surface area contributed by atoms with E-state index < -0.39 is 22.0 Å². The van der Waals surface area contributed by atoms with Crippen LogP contribution in [0.3, 0.4) is 0 Å². The number of carbonyl (C=O) groups excluding carboxylic acids is 3. The summed E-state index contributed by atoms with van der Waals surface area (Å²) in [4.78, 5) is 39.2. The van der Waals surface area contributed by atoms with E-state index in [0.29, 0.717) is 0 Å². The van der Waals surface area contributed by atoms with E-state index in [1.165, 1.54) is 24.1 Å². The van der Waals surface area contributed by atoms with Gasteiger partial charge >= 0.3 is 0 Å². The molecule has 2 aromatic carbocycles. The van der Waals surface area contributed by atoms with Crippen LogP contribution in [-0.4, -0.2) is 55.0 Å². The van der Waals surface area contributed by atoms with Crippen LogP contribution in [0.15, 0.2) is 57.9 Å². The SMILES string of the molecule is CNC(=O)C(C)N(Cc1cccc(Br)c1)C(=O)CCCN1C(=O)c2ccccc2S1(=O)=O. The van der Waals surface area contributed by atoms with Crippen molar-refractivity contribution in [3.63, 3.8) is 0 Å². The molecule has 1 heterocycles. The van der Waals surface area contributed by atoms with E-state index in [1.54, 1.807) is 19.1 Å². The fraction of sp³-hybridized carbons (Fsp3) is 0.318. The van der Waals surface area contributed by atoms with Gasteiger partial charge in [0, 0.05) is 31.0 Å². The van der Waals surface area contributed by atoms with E-state index in [0.717, 1.165) is 14.3 Å². The minimum absolute atomic E-state index is 0.00895. The van der Waals surface area contributed by atoms with E-state index in [9.17, 15) is 22.8 Å². The quantitative estimate of drug-likeness (QED) is 0.574. The van der Waals surface area contributed by atoms with Crippen molar-refractivity contribution >= 4 is 43.7 Å². The number of hydrogen-bond acceptors (Lipinski definition) is 5. The molecule has 0 bridgehead atoms. The maximum absolute atomic E-state index is 13.0. The van der Waals surface area contributed by atoms with Crippen molar-refractivity contribution in [2.75, 3.05) is 13.6 Å². The van der Waals surface area contributed by atoms with Crippen molar-refractivity contribution < 1.29 is 22.8 Å². The first-order valence-electron chi connectivity index (χ1n) is 10.1. The molecule has 0 fully saturated rings. The molecular formula is C22H24BrN3O5S. The summed E-state index contributed by atoms with van der Waals surface area (Å²) in [7, 11) is -2.41. The summed E-state index contributed by atoms with van der Waals surface area (Å²) in [5.41, 5.74) is 0.986. The Balaban J connectivity index is 1.70. The number of sulfonamides is 1. The van der Waals surface area contributed by atoms with Crippen LogP contribution in [0.4, 0.5) is 0 Å². The van der Waals surface area contributed by atoms with Gasteiger partial charge in [-0.05, 0) is 43.2 Å². The van der Waals surface area contributed by atoms with Crippen LogP contribution < -0.4 is 5.32 Å². The fourth-order valence-electron chi connectivity index (χ4n) is 3.59. The normalized spacial score (nSPS) is 15.2. The van der Waals surface area contributed by atoms with E-state index in [4.69, 9.17) is 0 Å². The standard InChI is InChI=1S/C22H24BrN3O5S/c1-15(21(28)24-2)25(14-16-7-5-8-17(23)13-16)20(27)11-6-12-26-22(29)18-9-3-4-10-19(18)32(26,30)31/h3-5,7-10,13,15H,6,11-12,14H2,1-2H3,(H,24,28). The van der Waals surface area contributed by atoms with Crippen LogP contribution >= 0.6 is 15.9 Å². The second-order valence-electron chi connectivity index (χ2n) is 7.42. The first-order chi connectivity index (χ1) is 15.2. The summed E-state index contributed by atoms with van der Waals surface area (Å²) < 4.78 is 27.0. The second-order valence-corrected chi connectivity index (χ2v) is 10.2. The summed E-state index contributed by atoms with van der Waals surface area (Å²) in [6.07, 6.45) is 0.137. The molecule has 0 saturated carbocycles. The Morgan fingerprint density at radius 1 is 1.16 bits per heavy atom.